The van der Waals surface area contributed by atoms with E-state index in [0.29, 0.717) is 5.92 Å². The fourth-order valence-electron chi connectivity index (χ4n) is 2.65. The zero-order valence-corrected chi connectivity index (χ0v) is 13.6. The quantitative estimate of drug-likeness (QED) is 0.837. The van der Waals surface area contributed by atoms with E-state index >= 15 is 0 Å². The van der Waals surface area contributed by atoms with Crippen molar-refractivity contribution in [1.29, 1.82) is 0 Å². The average molecular weight is 303 g/mol. The summed E-state index contributed by atoms with van der Waals surface area (Å²) in [4.78, 5) is 26.0. The van der Waals surface area contributed by atoms with E-state index in [1.165, 1.54) is 4.90 Å². The van der Waals surface area contributed by atoms with Gasteiger partial charge in [0.05, 0.1) is 6.54 Å². The SMILES string of the molecule is CCc1ccccc1NC(=O)CN(C)C(=O)C(C)C1CNC1. The van der Waals surface area contributed by atoms with Crippen molar-refractivity contribution in [2.45, 2.75) is 20.3 Å². The number of para-hydroxylation sites is 1. The second-order valence-electron chi connectivity index (χ2n) is 5.96. The highest BCUT2D eigenvalue weighted by Gasteiger charge is 2.30. The molecule has 22 heavy (non-hydrogen) atoms. The lowest BCUT2D eigenvalue weighted by Crippen LogP contribution is -2.50. The van der Waals surface area contributed by atoms with Gasteiger partial charge >= 0.3 is 0 Å². The van der Waals surface area contributed by atoms with Crippen molar-refractivity contribution in [3.8, 4) is 0 Å². The van der Waals surface area contributed by atoms with Crippen LogP contribution < -0.4 is 10.6 Å². The first-order valence-corrected chi connectivity index (χ1v) is 7.86. The number of aryl methyl sites for hydroxylation is 1. The van der Waals surface area contributed by atoms with Crippen molar-refractivity contribution < 1.29 is 9.59 Å². The Morgan fingerprint density at radius 3 is 2.64 bits per heavy atom. The Kier molecular flexibility index (Phi) is 5.55. The van der Waals surface area contributed by atoms with Gasteiger partial charge in [0.25, 0.3) is 0 Å². The summed E-state index contributed by atoms with van der Waals surface area (Å²) in [6.45, 7) is 5.85. The van der Waals surface area contributed by atoms with Crippen LogP contribution in [0.25, 0.3) is 0 Å². The van der Waals surface area contributed by atoms with Gasteiger partial charge in [-0.05, 0) is 37.1 Å². The fourth-order valence-corrected chi connectivity index (χ4v) is 2.65. The third kappa shape index (κ3) is 3.85. The van der Waals surface area contributed by atoms with Gasteiger partial charge in [-0.25, -0.2) is 0 Å². The molecule has 1 unspecified atom stereocenters. The number of rotatable bonds is 6. The van der Waals surface area contributed by atoms with Crippen LogP contribution in [0.1, 0.15) is 19.4 Å². The molecule has 0 radical (unpaired) electrons. The van der Waals surface area contributed by atoms with Crippen LogP contribution in [0.15, 0.2) is 24.3 Å². The lowest BCUT2D eigenvalue weighted by molar-refractivity contribution is -0.138. The first-order valence-electron chi connectivity index (χ1n) is 7.86. The van der Waals surface area contributed by atoms with Crippen LogP contribution in [0.2, 0.25) is 0 Å². The standard InChI is InChI=1S/C17H25N3O2/c1-4-13-7-5-6-8-15(13)19-16(21)11-20(3)17(22)12(2)14-9-18-10-14/h5-8,12,14,18H,4,9-11H2,1-3H3,(H,19,21). The van der Waals surface area contributed by atoms with E-state index in [1.54, 1.807) is 7.05 Å². The number of carbonyl (C=O) groups is 2. The molecule has 2 N–H and O–H groups in total. The summed E-state index contributed by atoms with van der Waals surface area (Å²) in [5.74, 6) is 0.224. The molecule has 1 aliphatic rings. The zero-order chi connectivity index (χ0) is 16.1. The van der Waals surface area contributed by atoms with Crippen molar-refractivity contribution in [1.82, 2.24) is 10.2 Å². The third-order valence-electron chi connectivity index (χ3n) is 4.34. The maximum Gasteiger partial charge on any atom is 0.243 e. The number of hydrogen-bond acceptors (Lipinski definition) is 3. The highest BCUT2D eigenvalue weighted by molar-refractivity contribution is 5.95. The van der Waals surface area contributed by atoms with Crippen molar-refractivity contribution in [3.05, 3.63) is 29.8 Å². The van der Waals surface area contributed by atoms with Crippen molar-refractivity contribution in [2.24, 2.45) is 11.8 Å². The van der Waals surface area contributed by atoms with E-state index in [1.807, 2.05) is 31.2 Å². The van der Waals surface area contributed by atoms with Crippen molar-refractivity contribution >= 4 is 17.5 Å². The van der Waals surface area contributed by atoms with Gasteiger partial charge < -0.3 is 15.5 Å². The van der Waals surface area contributed by atoms with Crippen molar-refractivity contribution in [2.75, 3.05) is 32.0 Å². The lowest BCUT2D eigenvalue weighted by atomic mass is 9.88. The van der Waals surface area contributed by atoms with Crippen LogP contribution in [0.3, 0.4) is 0 Å². The first kappa shape index (κ1) is 16.5. The summed E-state index contributed by atoms with van der Waals surface area (Å²) in [5.41, 5.74) is 1.92. The maximum atomic E-state index is 12.3. The number of carbonyl (C=O) groups excluding carboxylic acids is 2. The van der Waals surface area contributed by atoms with Gasteiger partial charge in [-0.3, -0.25) is 9.59 Å². The number of nitrogens with one attached hydrogen (secondary N) is 2. The Balaban J connectivity index is 1.89. The van der Waals surface area contributed by atoms with Crippen LogP contribution in [0.5, 0.6) is 0 Å². The molecular weight excluding hydrogens is 278 g/mol. The molecule has 0 bridgehead atoms. The number of anilines is 1. The summed E-state index contributed by atoms with van der Waals surface area (Å²) >= 11 is 0. The smallest absolute Gasteiger partial charge is 0.243 e. The number of amides is 2. The predicted octanol–water partition coefficient (Wildman–Crippen LogP) is 1.50. The van der Waals surface area contributed by atoms with Gasteiger partial charge in [0, 0.05) is 18.7 Å². The molecule has 5 heteroatoms. The van der Waals surface area contributed by atoms with Crippen LogP contribution in [0, 0.1) is 11.8 Å². The number of likely N-dealkylation sites (N-methyl/N-ethyl adjacent to an activating group) is 1. The fraction of sp³-hybridized carbons (Fsp3) is 0.529. The Labute approximate surface area is 132 Å². The van der Waals surface area contributed by atoms with Gasteiger partial charge in [0.1, 0.15) is 0 Å². The predicted molar refractivity (Wildman–Crippen MR) is 87.6 cm³/mol. The summed E-state index contributed by atoms with van der Waals surface area (Å²) in [6.07, 6.45) is 0.858. The number of hydrogen-bond donors (Lipinski definition) is 2. The molecule has 1 atom stereocenters. The van der Waals surface area contributed by atoms with E-state index in [4.69, 9.17) is 0 Å². The second kappa shape index (κ2) is 7.40. The van der Waals surface area contributed by atoms with Gasteiger partial charge in [-0.2, -0.15) is 0 Å². The second-order valence-corrected chi connectivity index (χ2v) is 5.96. The van der Waals surface area contributed by atoms with E-state index in [0.717, 1.165) is 30.8 Å². The van der Waals surface area contributed by atoms with E-state index in [-0.39, 0.29) is 24.3 Å². The summed E-state index contributed by atoms with van der Waals surface area (Å²) < 4.78 is 0. The maximum absolute atomic E-state index is 12.3. The molecule has 0 aromatic heterocycles. The molecule has 1 aromatic carbocycles. The Morgan fingerprint density at radius 1 is 1.36 bits per heavy atom. The molecule has 2 rings (SSSR count). The van der Waals surface area contributed by atoms with E-state index < -0.39 is 0 Å². The largest absolute Gasteiger partial charge is 0.336 e. The highest BCUT2D eigenvalue weighted by atomic mass is 16.2. The molecule has 1 saturated heterocycles. The topological polar surface area (TPSA) is 61.4 Å². The van der Waals surface area contributed by atoms with Crippen LogP contribution in [0.4, 0.5) is 5.69 Å². The van der Waals surface area contributed by atoms with E-state index in [9.17, 15) is 9.59 Å². The molecule has 0 aliphatic carbocycles. The Morgan fingerprint density at radius 2 is 2.05 bits per heavy atom. The van der Waals surface area contributed by atoms with Crippen LogP contribution in [-0.2, 0) is 16.0 Å². The van der Waals surface area contributed by atoms with Gasteiger partial charge in [0.15, 0.2) is 0 Å². The van der Waals surface area contributed by atoms with Gasteiger partial charge in [0.2, 0.25) is 11.8 Å². The molecule has 5 nitrogen and oxygen atoms in total. The number of benzene rings is 1. The summed E-state index contributed by atoms with van der Waals surface area (Å²) in [5, 5.41) is 6.07. The zero-order valence-electron chi connectivity index (χ0n) is 13.6. The molecule has 1 aromatic rings. The monoisotopic (exact) mass is 303 g/mol. The van der Waals surface area contributed by atoms with Crippen LogP contribution >= 0.6 is 0 Å². The lowest BCUT2D eigenvalue weighted by Gasteiger charge is -2.33. The summed E-state index contributed by atoms with van der Waals surface area (Å²) in [7, 11) is 1.69. The minimum Gasteiger partial charge on any atom is -0.336 e. The number of nitrogens with zero attached hydrogens (tertiary/aromatic N) is 1. The van der Waals surface area contributed by atoms with E-state index in [2.05, 4.69) is 17.6 Å². The van der Waals surface area contributed by atoms with Gasteiger partial charge in [-0.1, -0.05) is 32.0 Å². The molecule has 1 aliphatic heterocycles. The van der Waals surface area contributed by atoms with Crippen LogP contribution in [-0.4, -0.2) is 43.4 Å². The third-order valence-corrected chi connectivity index (χ3v) is 4.34. The Bertz CT molecular complexity index is 540. The molecule has 1 heterocycles. The minimum absolute atomic E-state index is 0.0328. The highest BCUT2D eigenvalue weighted by Crippen LogP contribution is 2.18. The molecular formula is C17H25N3O2. The molecule has 120 valence electrons. The summed E-state index contributed by atoms with van der Waals surface area (Å²) in [6, 6.07) is 7.74. The normalized spacial score (nSPS) is 15.8. The molecule has 0 spiro atoms. The van der Waals surface area contributed by atoms with Crippen molar-refractivity contribution in [3.63, 3.8) is 0 Å². The van der Waals surface area contributed by atoms with Gasteiger partial charge in [-0.15, -0.1) is 0 Å². The molecule has 0 saturated carbocycles. The first-order chi connectivity index (χ1) is 10.5. The average Bonchev–Trinajstić information content (AvgIpc) is 2.44. The Hall–Kier alpha value is -1.88. The minimum atomic E-state index is -0.157. The molecule has 1 fully saturated rings. The molecule has 2 amide bonds.